The van der Waals surface area contributed by atoms with E-state index in [1.165, 1.54) is 23.9 Å². The number of halogens is 3. The second-order valence-electron chi connectivity index (χ2n) is 6.07. The molecule has 0 saturated heterocycles. The molecular formula is C15H22F3NS. The molecule has 1 atom stereocenters. The molecule has 1 nitrogen and oxygen atoms in total. The Kier molecular flexibility index (Phi) is 5.95. The molecular weight excluding hydrogens is 283 g/mol. The van der Waals surface area contributed by atoms with Gasteiger partial charge in [0.2, 0.25) is 0 Å². The third-order valence-corrected chi connectivity index (χ3v) is 4.00. The lowest BCUT2D eigenvalue weighted by Crippen LogP contribution is -2.39. The third-order valence-electron chi connectivity index (χ3n) is 2.68. The van der Waals surface area contributed by atoms with Gasteiger partial charge >= 0.3 is 6.18 Å². The highest BCUT2D eigenvalue weighted by Crippen LogP contribution is 2.32. The molecule has 5 heteroatoms. The zero-order chi connectivity index (χ0) is 15.4. The summed E-state index contributed by atoms with van der Waals surface area (Å²) in [6, 6.07) is 5.51. The molecule has 0 spiro atoms. The topological polar surface area (TPSA) is 12.0 Å². The maximum atomic E-state index is 12.6. The van der Waals surface area contributed by atoms with Crippen LogP contribution in [0.5, 0.6) is 0 Å². The second-order valence-corrected chi connectivity index (χ2v) is 7.17. The van der Waals surface area contributed by atoms with Crippen molar-refractivity contribution in [2.75, 3.05) is 12.3 Å². The van der Waals surface area contributed by atoms with E-state index >= 15 is 0 Å². The van der Waals surface area contributed by atoms with Crippen molar-refractivity contribution >= 4 is 11.8 Å². The van der Waals surface area contributed by atoms with Crippen LogP contribution < -0.4 is 5.32 Å². The highest BCUT2D eigenvalue weighted by molar-refractivity contribution is 7.99. The average Bonchev–Trinajstić information content (AvgIpc) is 2.32. The third kappa shape index (κ3) is 6.66. The van der Waals surface area contributed by atoms with Crippen molar-refractivity contribution in [3.8, 4) is 0 Å². The van der Waals surface area contributed by atoms with Gasteiger partial charge in [-0.1, -0.05) is 13.0 Å². The molecule has 0 aliphatic carbocycles. The van der Waals surface area contributed by atoms with E-state index < -0.39 is 11.7 Å². The van der Waals surface area contributed by atoms with Crippen molar-refractivity contribution in [3.63, 3.8) is 0 Å². The molecule has 0 saturated carbocycles. The van der Waals surface area contributed by atoms with E-state index in [1.807, 2.05) is 0 Å². The number of hydrogen-bond donors (Lipinski definition) is 1. The van der Waals surface area contributed by atoms with Crippen LogP contribution in [0.4, 0.5) is 13.2 Å². The Morgan fingerprint density at radius 2 is 1.85 bits per heavy atom. The molecule has 0 amide bonds. The van der Waals surface area contributed by atoms with Crippen molar-refractivity contribution in [3.05, 3.63) is 29.8 Å². The summed E-state index contributed by atoms with van der Waals surface area (Å²) in [4.78, 5) is 0.669. The van der Waals surface area contributed by atoms with Crippen molar-refractivity contribution in [1.82, 2.24) is 5.32 Å². The molecule has 0 fully saturated rings. The van der Waals surface area contributed by atoms with Gasteiger partial charge in [-0.25, -0.2) is 0 Å². The molecule has 0 heterocycles. The Bertz CT molecular complexity index is 424. The van der Waals surface area contributed by atoms with Crippen LogP contribution in [-0.2, 0) is 6.18 Å². The molecule has 114 valence electrons. The average molecular weight is 305 g/mol. The largest absolute Gasteiger partial charge is 0.416 e. The first-order valence-electron chi connectivity index (χ1n) is 6.63. The van der Waals surface area contributed by atoms with Crippen LogP contribution in [0.15, 0.2) is 29.2 Å². The molecule has 1 aromatic carbocycles. The fourth-order valence-electron chi connectivity index (χ4n) is 1.54. The van der Waals surface area contributed by atoms with E-state index in [2.05, 4.69) is 33.0 Å². The molecule has 1 rings (SSSR count). The van der Waals surface area contributed by atoms with E-state index in [4.69, 9.17) is 0 Å². The summed E-state index contributed by atoms with van der Waals surface area (Å²) < 4.78 is 37.8. The zero-order valence-electron chi connectivity index (χ0n) is 12.3. The van der Waals surface area contributed by atoms with Crippen LogP contribution in [0.2, 0.25) is 0 Å². The van der Waals surface area contributed by atoms with Crippen LogP contribution in [0.3, 0.4) is 0 Å². The number of nitrogens with one attached hydrogen (secondary N) is 1. The fraction of sp³-hybridized carbons (Fsp3) is 0.600. The molecule has 20 heavy (non-hydrogen) atoms. The minimum atomic E-state index is -4.27. The van der Waals surface area contributed by atoms with Gasteiger partial charge in [0.25, 0.3) is 0 Å². The fourth-order valence-corrected chi connectivity index (χ4v) is 2.52. The van der Waals surface area contributed by atoms with Crippen molar-refractivity contribution in [2.24, 2.45) is 5.92 Å². The summed E-state index contributed by atoms with van der Waals surface area (Å²) in [6.45, 7) is 9.24. The maximum Gasteiger partial charge on any atom is 0.416 e. The number of thioether (sulfide) groups is 1. The highest BCUT2D eigenvalue weighted by Gasteiger charge is 2.30. The second kappa shape index (κ2) is 6.85. The first-order valence-corrected chi connectivity index (χ1v) is 7.61. The number of alkyl halides is 3. The summed E-state index contributed by atoms with van der Waals surface area (Å²) in [6.07, 6.45) is -4.27. The summed E-state index contributed by atoms with van der Waals surface area (Å²) in [5.74, 6) is 1.19. The maximum absolute atomic E-state index is 12.6. The van der Waals surface area contributed by atoms with Crippen LogP contribution >= 0.6 is 11.8 Å². The van der Waals surface area contributed by atoms with Crippen LogP contribution in [-0.4, -0.2) is 17.8 Å². The lowest BCUT2D eigenvalue weighted by molar-refractivity contribution is -0.137. The smallest absolute Gasteiger partial charge is 0.312 e. The molecule has 1 N–H and O–H groups in total. The lowest BCUT2D eigenvalue weighted by Gasteiger charge is -2.23. The van der Waals surface area contributed by atoms with Crippen LogP contribution in [0, 0.1) is 5.92 Å². The predicted octanol–water partition coefficient (Wildman–Crippen LogP) is 4.82. The highest BCUT2D eigenvalue weighted by atomic mass is 32.2. The van der Waals surface area contributed by atoms with E-state index in [9.17, 15) is 13.2 Å². The number of hydrogen-bond acceptors (Lipinski definition) is 2. The summed E-state index contributed by atoms with van der Waals surface area (Å²) in [5, 5.41) is 3.40. The first kappa shape index (κ1) is 17.4. The van der Waals surface area contributed by atoms with Crippen LogP contribution in [0.1, 0.15) is 33.3 Å². The standard InChI is InChI=1S/C15H22F3NS/c1-11(9-19-14(2,3)4)10-20-13-7-5-6-12(8-13)15(16,17)18/h5-8,11,19H,9-10H2,1-4H3. The quantitative estimate of drug-likeness (QED) is 0.783. The SMILES string of the molecule is CC(CNC(C)(C)C)CSc1cccc(C(F)(F)F)c1. The van der Waals surface area contributed by atoms with Gasteiger partial charge in [-0.05, 0) is 51.4 Å². The summed E-state index contributed by atoms with van der Waals surface area (Å²) >= 11 is 1.47. The molecule has 0 aliphatic heterocycles. The van der Waals surface area contributed by atoms with Gasteiger partial charge in [0.15, 0.2) is 0 Å². The molecule has 0 bridgehead atoms. The lowest BCUT2D eigenvalue weighted by atomic mass is 10.1. The predicted molar refractivity (Wildman–Crippen MR) is 79.1 cm³/mol. The number of benzene rings is 1. The molecule has 0 aromatic heterocycles. The van der Waals surface area contributed by atoms with Crippen LogP contribution in [0.25, 0.3) is 0 Å². The molecule has 0 aliphatic rings. The van der Waals surface area contributed by atoms with Gasteiger partial charge in [-0.15, -0.1) is 11.8 Å². The molecule has 1 aromatic rings. The molecule has 0 radical (unpaired) electrons. The Labute approximate surface area is 123 Å². The van der Waals surface area contributed by atoms with Gasteiger partial charge in [0, 0.05) is 16.2 Å². The Morgan fingerprint density at radius 1 is 1.20 bits per heavy atom. The Hall–Kier alpha value is -0.680. The van der Waals surface area contributed by atoms with Gasteiger partial charge in [-0.3, -0.25) is 0 Å². The number of rotatable bonds is 5. The first-order chi connectivity index (χ1) is 9.08. The van der Waals surface area contributed by atoms with Gasteiger partial charge < -0.3 is 5.32 Å². The van der Waals surface area contributed by atoms with Gasteiger partial charge in [-0.2, -0.15) is 13.2 Å². The monoisotopic (exact) mass is 305 g/mol. The summed E-state index contributed by atoms with van der Waals surface area (Å²) in [7, 11) is 0. The van der Waals surface area contributed by atoms with Gasteiger partial charge in [0.1, 0.15) is 0 Å². The molecule has 1 unspecified atom stereocenters. The normalized spacial score (nSPS) is 14.3. The minimum absolute atomic E-state index is 0.0646. The van der Waals surface area contributed by atoms with E-state index in [1.54, 1.807) is 6.07 Å². The summed E-state index contributed by atoms with van der Waals surface area (Å²) in [5.41, 5.74) is -0.516. The van der Waals surface area contributed by atoms with Crippen molar-refractivity contribution in [2.45, 2.75) is 44.3 Å². The van der Waals surface area contributed by atoms with E-state index in [-0.39, 0.29) is 5.54 Å². The van der Waals surface area contributed by atoms with Gasteiger partial charge in [0.05, 0.1) is 5.56 Å². The zero-order valence-corrected chi connectivity index (χ0v) is 13.2. The van der Waals surface area contributed by atoms with E-state index in [0.29, 0.717) is 10.8 Å². The van der Waals surface area contributed by atoms with Crippen molar-refractivity contribution in [1.29, 1.82) is 0 Å². The van der Waals surface area contributed by atoms with E-state index in [0.717, 1.165) is 18.4 Å². The Balaban J connectivity index is 2.50. The Morgan fingerprint density at radius 3 is 2.40 bits per heavy atom. The van der Waals surface area contributed by atoms with Crippen molar-refractivity contribution < 1.29 is 13.2 Å². The minimum Gasteiger partial charge on any atom is -0.312 e.